The molecule has 4 aliphatic rings. The average molecular weight is 521 g/mol. The Kier molecular flexibility index (Phi) is 6.89. The lowest BCUT2D eigenvalue weighted by molar-refractivity contribution is -0.146. The van der Waals surface area contributed by atoms with Gasteiger partial charge in [0.2, 0.25) is 0 Å². The van der Waals surface area contributed by atoms with Crippen LogP contribution < -0.4 is 0 Å². The molecule has 0 aromatic heterocycles. The molecule has 2 aliphatic carbocycles. The highest BCUT2D eigenvalue weighted by Crippen LogP contribution is 2.57. The zero-order valence-corrected chi connectivity index (χ0v) is 22.3. The maximum absolute atomic E-state index is 13.7. The maximum Gasteiger partial charge on any atom is 0.310 e. The fraction of sp³-hybridized carbons (Fsp3) is 0.531. The number of hydrogen-bond donors (Lipinski definition) is 0. The molecule has 2 heterocycles. The molecule has 5 atom stereocenters. The fourth-order valence-electron chi connectivity index (χ4n) is 7.85. The Morgan fingerprint density at radius 2 is 1.61 bits per heavy atom. The van der Waals surface area contributed by atoms with E-state index in [1.807, 2.05) is 24.3 Å². The lowest BCUT2D eigenvalue weighted by atomic mass is 9.55. The highest BCUT2D eigenvalue weighted by Gasteiger charge is 2.55. The highest BCUT2D eigenvalue weighted by molar-refractivity contribution is 5.75. The van der Waals surface area contributed by atoms with Crippen molar-refractivity contribution in [1.82, 2.24) is 9.80 Å². The molecule has 202 valence electrons. The second-order valence-electron chi connectivity index (χ2n) is 12.2. The smallest absolute Gasteiger partial charge is 0.310 e. The summed E-state index contributed by atoms with van der Waals surface area (Å²) in [5.74, 6) is 0.149. The zero-order valence-electron chi connectivity index (χ0n) is 22.3. The first-order chi connectivity index (χ1) is 18.3. The SMILES string of the molecule is C=C1CCC[C@@]2(C)CC3OC(=O)C(CN4CCN(C(c5ccc(F)cc5)c5ccc(F)cc5)CC4)C3CC12. The van der Waals surface area contributed by atoms with Gasteiger partial charge in [-0.25, -0.2) is 8.78 Å². The molecule has 0 bridgehead atoms. The van der Waals surface area contributed by atoms with E-state index in [2.05, 4.69) is 23.3 Å². The van der Waals surface area contributed by atoms with E-state index in [9.17, 15) is 13.6 Å². The number of piperazine rings is 1. The summed E-state index contributed by atoms with van der Waals surface area (Å²) in [6, 6.07) is 13.1. The lowest BCUT2D eigenvalue weighted by Gasteiger charge is -2.50. The number of esters is 1. The Morgan fingerprint density at radius 1 is 1.00 bits per heavy atom. The highest BCUT2D eigenvalue weighted by atomic mass is 19.1. The molecule has 0 radical (unpaired) electrons. The first-order valence-corrected chi connectivity index (χ1v) is 14.2. The van der Waals surface area contributed by atoms with Gasteiger partial charge >= 0.3 is 5.97 Å². The Hall–Kier alpha value is -2.57. The van der Waals surface area contributed by atoms with Crippen LogP contribution in [0.2, 0.25) is 0 Å². The van der Waals surface area contributed by atoms with Crippen LogP contribution in [-0.4, -0.2) is 54.6 Å². The number of fused-ring (bicyclic) bond motifs is 2. The Bertz CT molecular complexity index is 1130. The number of carbonyl (C=O) groups excluding carboxylic acids is 1. The third kappa shape index (κ3) is 4.82. The van der Waals surface area contributed by atoms with Crippen LogP contribution in [-0.2, 0) is 9.53 Å². The largest absolute Gasteiger partial charge is 0.462 e. The van der Waals surface area contributed by atoms with Crippen LogP contribution in [0.4, 0.5) is 8.78 Å². The van der Waals surface area contributed by atoms with Crippen LogP contribution in [0.5, 0.6) is 0 Å². The molecule has 2 aromatic carbocycles. The van der Waals surface area contributed by atoms with Crippen LogP contribution in [0.25, 0.3) is 0 Å². The number of benzene rings is 2. The second kappa shape index (κ2) is 10.2. The molecule has 4 nitrogen and oxygen atoms in total. The number of allylic oxidation sites excluding steroid dienone is 1. The number of rotatable bonds is 5. The summed E-state index contributed by atoms with van der Waals surface area (Å²) in [6.45, 7) is 10.8. The van der Waals surface area contributed by atoms with Gasteiger partial charge in [0.15, 0.2) is 0 Å². The van der Waals surface area contributed by atoms with E-state index >= 15 is 0 Å². The van der Waals surface area contributed by atoms with Crippen molar-refractivity contribution in [2.24, 2.45) is 23.2 Å². The van der Waals surface area contributed by atoms with E-state index in [1.54, 1.807) is 0 Å². The van der Waals surface area contributed by atoms with Crippen LogP contribution in [0.3, 0.4) is 0 Å². The molecule has 2 saturated heterocycles. The predicted octanol–water partition coefficient (Wildman–Crippen LogP) is 5.99. The molecule has 6 heteroatoms. The number of nitrogens with zero attached hydrogens (tertiary/aromatic N) is 2. The normalized spacial score (nSPS) is 32.2. The molecule has 2 aliphatic heterocycles. The molecule has 4 unspecified atom stereocenters. The number of carbonyl (C=O) groups is 1. The predicted molar refractivity (Wildman–Crippen MR) is 143 cm³/mol. The van der Waals surface area contributed by atoms with Crippen molar-refractivity contribution in [3.63, 3.8) is 0 Å². The Balaban J connectivity index is 1.14. The molecular weight excluding hydrogens is 482 g/mol. The monoisotopic (exact) mass is 520 g/mol. The zero-order chi connectivity index (χ0) is 26.4. The summed E-state index contributed by atoms with van der Waals surface area (Å²) in [5, 5.41) is 0. The summed E-state index contributed by atoms with van der Waals surface area (Å²) in [4.78, 5) is 17.8. The number of halogens is 2. The molecule has 4 fully saturated rings. The van der Waals surface area contributed by atoms with E-state index in [1.165, 1.54) is 42.7 Å². The third-order valence-electron chi connectivity index (χ3n) is 9.92. The molecular formula is C32H38F2N2O2. The van der Waals surface area contributed by atoms with Crippen molar-refractivity contribution in [3.8, 4) is 0 Å². The minimum Gasteiger partial charge on any atom is -0.462 e. The van der Waals surface area contributed by atoms with Crippen molar-refractivity contribution < 1.29 is 18.3 Å². The van der Waals surface area contributed by atoms with Crippen LogP contribution in [0, 0.1) is 34.8 Å². The number of hydrogen-bond acceptors (Lipinski definition) is 4. The minimum absolute atomic E-state index is 0.0224. The summed E-state index contributed by atoms with van der Waals surface area (Å²) in [6.07, 6.45) is 5.54. The van der Waals surface area contributed by atoms with Gasteiger partial charge in [-0.3, -0.25) is 14.6 Å². The van der Waals surface area contributed by atoms with E-state index < -0.39 is 0 Å². The van der Waals surface area contributed by atoms with E-state index in [4.69, 9.17) is 4.74 Å². The molecule has 2 aromatic rings. The van der Waals surface area contributed by atoms with Gasteiger partial charge in [-0.05, 0) is 78.8 Å². The van der Waals surface area contributed by atoms with Crippen LogP contribution in [0.1, 0.15) is 56.2 Å². The van der Waals surface area contributed by atoms with E-state index in [-0.39, 0.29) is 47.0 Å². The van der Waals surface area contributed by atoms with Crippen molar-refractivity contribution in [2.45, 2.75) is 51.2 Å². The van der Waals surface area contributed by atoms with Gasteiger partial charge in [0.05, 0.1) is 12.0 Å². The molecule has 6 rings (SSSR count). The minimum atomic E-state index is -0.266. The van der Waals surface area contributed by atoms with Crippen LogP contribution >= 0.6 is 0 Å². The maximum atomic E-state index is 13.7. The van der Waals surface area contributed by atoms with Crippen molar-refractivity contribution in [2.75, 3.05) is 32.7 Å². The quantitative estimate of drug-likeness (QED) is 0.358. The van der Waals surface area contributed by atoms with E-state index in [0.717, 1.165) is 63.1 Å². The van der Waals surface area contributed by atoms with E-state index in [0.29, 0.717) is 5.92 Å². The summed E-state index contributed by atoms with van der Waals surface area (Å²) in [5.41, 5.74) is 3.57. The topological polar surface area (TPSA) is 32.8 Å². The lowest BCUT2D eigenvalue weighted by Crippen LogP contribution is -2.50. The number of ether oxygens (including phenoxy) is 1. The van der Waals surface area contributed by atoms with Gasteiger partial charge in [0.1, 0.15) is 17.7 Å². The Labute approximate surface area is 224 Å². The average Bonchev–Trinajstić information content (AvgIpc) is 3.19. The van der Waals surface area contributed by atoms with Crippen molar-refractivity contribution >= 4 is 5.97 Å². The molecule has 0 N–H and O–H groups in total. The Morgan fingerprint density at radius 3 is 2.21 bits per heavy atom. The van der Waals surface area contributed by atoms with Gasteiger partial charge in [-0.15, -0.1) is 0 Å². The first-order valence-electron chi connectivity index (χ1n) is 14.2. The van der Waals surface area contributed by atoms with Gasteiger partial charge in [0, 0.05) is 38.6 Å². The third-order valence-corrected chi connectivity index (χ3v) is 9.92. The second-order valence-corrected chi connectivity index (χ2v) is 12.2. The molecule has 0 amide bonds. The van der Waals surface area contributed by atoms with Crippen molar-refractivity contribution in [3.05, 3.63) is 83.4 Å². The van der Waals surface area contributed by atoms with Gasteiger partial charge < -0.3 is 4.74 Å². The molecule has 2 saturated carbocycles. The first kappa shape index (κ1) is 25.7. The van der Waals surface area contributed by atoms with Crippen LogP contribution in [0.15, 0.2) is 60.7 Å². The van der Waals surface area contributed by atoms with Gasteiger partial charge in [-0.2, -0.15) is 0 Å². The summed E-state index contributed by atoms with van der Waals surface area (Å²) >= 11 is 0. The molecule has 38 heavy (non-hydrogen) atoms. The summed E-state index contributed by atoms with van der Waals surface area (Å²) < 4.78 is 33.3. The fourth-order valence-corrected chi connectivity index (χ4v) is 7.85. The standard InChI is InChI=1S/C32H38F2N2O2/c1-21-4-3-13-32(2)19-29-26(18-28(21)32)27(31(37)38-29)20-35-14-16-36(17-15-35)30(22-5-9-24(33)10-6-22)23-7-11-25(34)12-8-23/h5-12,26-30H,1,3-4,13-20H2,2H3/t26?,27?,28?,29?,32-/m0/s1. The van der Waals surface area contributed by atoms with Gasteiger partial charge in [0.25, 0.3) is 0 Å². The molecule has 0 spiro atoms. The summed E-state index contributed by atoms with van der Waals surface area (Å²) in [7, 11) is 0. The van der Waals surface area contributed by atoms with Gasteiger partial charge in [-0.1, -0.05) is 43.3 Å². The van der Waals surface area contributed by atoms with Crippen molar-refractivity contribution in [1.29, 1.82) is 0 Å².